The summed E-state index contributed by atoms with van der Waals surface area (Å²) < 4.78 is 22.4. The highest BCUT2D eigenvalue weighted by Gasteiger charge is 2.20. The van der Waals surface area contributed by atoms with Crippen LogP contribution >= 0.6 is 0 Å². The molecule has 1 amide bonds. The van der Waals surface area contributed by atoms with Crippen LogP contribution in [0.3, 0.4) is 0 Å². The van der Waals surface area contributed by atoms with E-state index < -0.39 is 6.10 Å². The zero-order chi connectivity index (χ0) is 20.4. The Morgan fingerprint density at radius 1 is 0.929 bits per heavy atom. The van der Waals surface area contributed by atoms with Gasteiger partial charge in [-0.2, -0.15) is 0 Å². The summed E-state index contributed by atoms with van der Waals surface area (Å²) in [5.41, 5.74) is 0.924. The van der Waals surface area contributed by atoms with E-state index in [9.17, 15) is 4.79 Å². The minimum atomic E-state index is -0.606. The van der Waals surface area contributed by atoms with Gasteiger partial charge >= 0.3 is 0 Å². The molecule has 2 aromatic carbocycles. The normalized spacial score (nSPS) is 11.4. The van der Waals surface area contributed by atoms with Gasteiger partial charge in [0.2, 0.25) is 0 Å². The predicted molar refractivity (Wildman–Crippen MR) is 108 cm³/mol. The van der Waals surface area contributed by atoms with Crippen LogP contribution in [0.4, 0.5) is 0 Å². The van der Waals surface area contributed by atoms with Gasteiger partial charge in [0.1, 0.15) is 0 Å². The average Bonchev–Trinajstić information content (AvgIpc) is 2.72. The molecule has 0 heterocycles. The summed E-state index contributed by atoms with van der Waals surface area (Å²) in [6, 6.07) is 12.9. The van der Waals surface area contributed by atoms with E-state index in [2.05, 4.69) is 5.32 Å². The first kappa shape index (κ1) is 21.4. The molecule has 1 atom stereocenters. The van der Waals surface area contributed by atoms with Crippen molar-refractivity contribution in [2.75, 3.05) is 20.3 Å². The Bertz CT molecular complexity index is 762. The maximum atomic E-state index is 12.6. The van der Waals surface area contributed by atoms with Crippen LogP contribution in [-0.4, -0.2) is 32.3 Å². The van der Waals surface area contributed by atoms with Crippen LogP contribution in [-0.2, 0) is 11.3 Å². The fourth-order valence-electron chi connectivity index (χ4n) is 2.70. The van der Waals surface area contributed by atoms with Crippen molar-refractivity contribution >= 4 is 5.91 Å². The Morgan fingerprint density at radius 2 is 1.61 bits per heavy atom. The third kappa shape index (κ3) is 5.81. The largest absolute Gasteiger partial charge is 0.493 e. The molecule has 6 heteroatoms. The van der Waals surface area contributed by atoms with Gasteiger partial charge in [0, 0.05) is 6.54 Å². The molecule has 0 aliphatic heterocycles. The summed E-state index contributed by atoms with van der Waals surface area (Å²) in [6.45, 7) is 7.23. The van der Waals surface area contributed by atoms with Crippen molar-refractivity contribution in [3.63, 3.8) is 0 Å². The lowest BCUT2D eigenvalue weighted by Crippen LogP contribution is -2.37. The number of carbonyl (C=O) groups excluding carboxylic acids is 1. The monoisotopic (exact) mass is 387 g/mol. The van der Waals surface area contributed by atoms with E-state index >= 15 is 0 Å². The number of rotatable bonds is 11. The van der Waals surface area contributed by atoms with Crippen LogP contribution in [0.2, 0.25) is 0 Å². The molecule has 0 fully saturated rings. The Morgan fingerprint density at radius 3 is 2.25 bits per heavy atom. The number of carbonyl (C=O) groups is 1. The van der Waals surface area contributed by atoms with Crippen LogP contribution in [0.5, 0.6) is 23.0 Å². The highest BCUT2D eigenvalue weighted by atomic mass is 16.5. The van der Waals surface area contributed by atoms with Crippen molar-refractivity contribution in [3.05, 3.63) is 48.0 Å². The summed E-state index contributed by atoms with van der Waals surface area (Å²) in [4.78, 5) is 12.6. The van der Waals surface area contributed by atoms with Crippen molar-refractivity contribution in [2.45, 2.75) is 39.8 Å². The van der Waals surface area contributed by atoms with Crippen LogP contribution in [0, 0.1) is 0 Å². The summed E-state index contributed by atoms with van der Waals surface area (Å²) in [5, 5.41) is 2.93. The molecule has 2 aromatic rings. The lowest BCUT2D eigenvalue weighted by atomic mass is 10.2. The summed E-state index contributed by atoms with van der Waals surface area (Å²) in [7, 11) is 1.57. The van der Waals surface area contributed by atoms with Gasteiger partial charge in [0.05, 0.1) is 20.3 Å². The Balaban J connectivity index is 2.02. The fourth-order valence-corrected chi connectivity index (χ4v) is 2.70. The van der Waals surface area contributed by atoms with Crippen molar-refractivity contribution < 1.29 is 23.7 Å². The third-order valence-electron chi connectivity index (χ3n) is 4.08. The Kier molecular flexibility index (Phi) is 8.46. The zero-order valence-electron chi connectivity index (χ0n) is 17.0. The molecule has 0 bridgehead atoms. The molecule has 0 aliphatic rings. The molecule has 0 spiro atoms. The van der Waals surface area contributed by atoms with E-state index in [0.29, 0.717) is 49.2 Å². The maximum Gasteiger partial charge on any atom is 0.261 e. The van der Waals surface area contributed by atoms with Crippen LogP contribution in [0.15, 0.2) is 42.5 Å². The second-order valence-corrected chi connectivity index (χ2v) is 6.03. The van der Waals surface area contributed by atoms with Crippen LogP contribution in [0.1, 0.15) is 32.8 Å². The van der Waals surface area contributed by atoms with Crippen molar-refractivity contribution in [1.29, 1.82) is 0 Å². The van der Waals surface area contributed by atoms with E-state index in [1.807, 2.05) is 51.1 Å². The quantitative estimate of drug-likeness (QED) is 0.632. The molecule has 6 nitrogen and oxygen atoms in total. The van der Waals surface area contributed by atoms with Crippen molar-refractivity contribution in [1.82, 2.24) is 5.32 Å². The molecule has 0 aromatic heterocycles. The minimum absolute atomic E-state index is 0.180. The number of hydrogen-bond donors (Lipinski definition) is 1. The Hall–Kier alpha value is -2.89. The summed E-state index contributed by atoms with van der Waals surface area (Å²) in [6.07, 6.45) is -0.0671. The van der Waals surface area contributed by atoms with Gasteiger partial charge in [-0.15, -0.1) is 0 Å². The molecule has 1 N–H and O–H groups in total. The van der Waals surface area contributed by atoms with E-state index in [1.165, 1.54) is 0 Å². The zero-order valence-corrected chi connectivity index (χ0v) is 17.0. The highest BCUT2D eigenvalue weighted by molar-refractivity contribution is 5.81. The number of ether oxygens (including phenoxy) is 4. The molecule has 152 valence electrons. The van der Waals surface area contributed by atoms with Gasteiger partial charge in [0.25, 0.3) is 5.91 Å². The topological polar surface area (TPSA) is 66.0 Å². The van der Waals surface area contributed by atoms with Crippen LogP contribution in [0.25, 0.3) is 0 Å². The molecule has 0 aliphatic carbocycles. The van der Waals surface area contributed by atoms with Gasteiger partial charge in [0.15, 0.2) is 29.1 Å². The van der Waals surface area contributed by atoms with Crippen molar-refractivity contribution in [2.24, 2.45) is 0 Å². The standard InChI is InChI=1S/C22H29NO5/c1-5-17(28-20-11-9-8-10-18(20)25-4)22(24)23-15-16-12-13-19(26-6-2)21(14-16)27-7-3/h8-14,17H,5-7,15H2,1-4H3,(H,23,24)/t17-/m1/s1. The van der Waals surface area contributed by atoms with Gasteiger partial charge in [-0.05, 0) is 50.1 Å². The smallest absolute Gasteiger partial charge is 0.261 e. The molecule has 0 saturated heterocycles. The molecule has 0 unspecified atom stereocenters. The van der Waals surface area contributed by atoms with Crippen molar-refractivity contribution in [3.8, 4) is 23.0 Å². The molecule has 0 radical (unpaired) electrons. The minimum Gasteiger partial charge on any atom is -0.493 e. The Labute approximate surface area is 166 Å². The molecule has 2 rings (SSSR count). The first-order valence-electron chi connectivity index (χ1n) is 9.58. The SMILES string of the molecule is CCOc1ccc(CNC(=O)[C@@H](CC)Oc2ccccc2OC)cc1OCC. The van der Waals surface area contributed by atoms with Gasteiger partial charge in [-0.3, -0.25) is 4.79 Å². The molecular formula is C22H29NO5. The first-order valence-corrected chi connectivity index (χ1v) is 9.58. The van der Waals surface area contributed by atoms with E-state index in [4.69, 9.17) is 18.9 Å². The summed E-state index contributed by atoms with van der Waals surface area (Å²) >= 11 is 0. The number of methoxy groups -OCH3 is 1. The summed E-state index contributed by atoms with van der Waals surface area (Å²) in [5.74, 6) is 2.34. The molecular weight excluding hydrogens is 358 g/mol. The van der Waals surface area contributed by atoms with Gasteiger partial charge in [-0.1, -0.05) is 25.1 Å². The molecule has 0 saturated carbocycles. The number of para-hydroxylation sites is 2. The second-order valence-electron chi connectivity index (χ2n) is 6.03. The maximum absolute atomic E-state index is 12.6. The number of hydrogen-bond acceptors (Lipinski definition) is 5. The van der Waals surface area contributed by atoms with E-state index in [0.717, 1.165) is 5.56 Å². The van der Waals surface area contributed by atoms with Gasteiger partial charge < -0.3 is 24.3 Å². The average molecular weight is 387 g/mol. The van der Waals surface area contributed by atoms with E-state index in [1.54, 1.807) is 19.2 Å². The number of amides is 1. The highest BCUT2D eigenvalue weighted by Crippen LogP contribution is 2.29. The lowest BCUT2D eigenvalue weighted by Gasteiger charge is -2.19. The first-order chi connectivity index (χ1) is 13.6. The number of nitrogens with one attached hydrogen (secondary N) is 1. The van der Waals surface area contributed by atoms with Crippen LogP contribution < -0.4 is 24.3 Å². The van der Waals surface area contributed by atoms with E-state index in [-0.39, 0.29) is 5.91 Å². The lowest BCUT2D eigenvalue weighted by molar-refractivity contribution is -0.128. The third-order valence-corrected chi connectivity index (χ3v) is 4.08. The fraction of sp³-hybridized carbons (Fsp3) is 0.409. The second kappa shape index (κ2) is 11.1. The van der Waals surface area contributed by atoms with Gasteiger partial charge in [-0.25, -0.2) is 0 Å². The molecule has 28 heavy (non-hydrogen) atoms. The predicted octanol–water partition coefficient (Wildman–Crippen LogP) is 3.97. The number of benzene rings is 2.